The van der Waals surface area contributed by atoms with Crippen molar-refractivity contribution in [1.82, 2.24) is 4.98 Å². The number of ether oxygens (including phenoxy) is 1. The Kier molecular flexibility index (Phi) is 6.04. The fourth-order valence-corrected chi connectivity index (χ4v) is 6.55. The number of benzene rings is 3. The maximum atomic E-state index is 13.5. The van der Waals surface area contributed by atoms with Crippen LogP contribution in [0.1, 0.15) is 20.8 Å². The van der Waals surface area contributed by atoms with Crippen LogP contribution in [0.2, 0.25) is 0 Å². The van der Waals surface area contributed by atoms with Crippen molar-refractivity contribution < 1.29 is 17.9 Å². The summed E-state index contributed by atoms with van der Waals surface area (Å²) < 4.78 is 33.7. The number of rotatable bonds is 6. The second-order valence-corrected chi connectivity index (χ2v) is 11.1. The molecule has 0 saturated heterocycles. The number of para-hydroxylation sites is 1. The monoisotopic (exact) mass is 505 g/mol. The van der Waals surface area contributed by atoms with E-state index in [1.807, 2.05) is 55.5 Å². The van der Waals surface area contributed by atoms with Crippen LogP contribution in [0.4, 0.5) is 10.8 Å². The Morgan fingerprint density at radius 1 is 1.06 bits per heavy atom. The Bertz CT molecular complexity index is 1510. The van der Waals surface area contributed by atoms with Crippen molar-refractivity contribution in [2.75, 3.05) is 23.3 Å². The molecule has 1 aromatic heterocycles. The summed E-state index contributed by atoms with van der Waals surface area (Å²) in [6.45, 7) is 2.30. The number of carbonyl (C=O) groups is 1. The summed E-state index contributed by atoms with van der Waals surface area (Å²) in [4.78, 5) is 18.8. The Morgan fingerprint density at radius 3 is 2.57 bits per heavy atom. The van der Waals surface area contributed by atoms with Crippen LogP contribution in [-0.4, -0.2) is 33.0 Å². The van der Waals surface area contributed by atoms with E-state index in [1.165, 1.54) is 41.0 Å². The van der Waals surface area contributed by atoms with E-state index in [9.17, 15) is 13.2 Å². The minimum atomic E-state index is -3.86. The van der Waals surface area contributed by atoms with Gasteiger partial charge in [0.25, 0.3) is 15.9 Å². The molecule has 0 unspecified atom stereocenters. The molecule has 0 bridgehead atoms. The molecule has 1 amide bonds. The molecule has 1 aliphatic heterocycles. The normalized spacial score (nSPS) is 12.9. The number of thiazole rings is 1. The number of aryl methyl sites for hydroxylation is 1. The molecule has 0 radical (unpaired) electrons. The highest BCUT2D eigenvalue weighted by atomic mass is 32.2. The molecule has 0 aliphatic carbocycles. The molecule has 0 saturated carbocycles. The lowest BCUT2D eigenvalue weighted by Crippen LogP contribution is -2.29. The topological polar surface area (TPSA) is 88.6 Å². The summed E-state index contributed by atoms with van der Waals surface area (Å²) in [7, 11) is -2.42. The van der Waals surface area contributed by atoms with Crippen LogP contribution in [0.3, 0.4) is 0 Å². The lowest BCUT2D eigenvalue weighted by atomic mass is 10.1. The molecular formula is C26H23N3O4S2. The SMILES string of the molecule is COc1ccc(S(=O)(=O)N2CCc3ccccc32)cc1C(=O)Nc1nc(-c2ccccc2)c(C)s1. The number of hydrogen-bond acceptors (Lipinski definition) is 6. The summed E-state index contributed by atoms with van der Waals surface area (Å²) in [5.41, 5.74) is 3.52. The zero-order valence-corrected chi connectivity index (χ0v) is 20.8. The van der Waals surface area contributed by atoms with Crippen molar-refractivity contribution in [3.63, 3.8) is 0 Å². The van der Waals surface area contributed by atoms with Gasteiger partial charge in [0.2, 0.25) is 0 Å². The van der Waals surface area contributed by atoms with E-state index in [2.05, 4.69) is 10.3 Å². The maximum Gasteiger partial charge on any atom is 0.264 e. The third-order valence-electron chi connectivity index (χ3n) is 5.91. The minimum absolute atomic E-state index is 0.0282. The third kappa shape index (κ3) is 4.28. The molecule has 178 valence electrons. The van der Waals surface area contributed by atoms with Gasteiger partial charge in [-0.05, 0) is 43.2 Å². The van der Waals surface area contributed by atoms with Crippen molar-refractivity contribution in [3.8, 4) is 17.0 Å². The van der Waals surface area contributed by atoms with Gasteiger partial charge >= 0.3 is 0 Å². The van der Waals surface area contributed by atoms with E-state index >= 15 is 0 Å². The number of amides is 1. The number of nitrogens with zero attached hydrogens (tertiary/aromatic N) is 2. The van der Waals surface area contributed by atoms with Gasteiger partial charge in [-0.15, -0.1) is 11.3 Å². The van der Waals surface area contributed by atoms with E-state index in [4.69, 9.17) is 4.74 Å². The molecule has 9 heteroatoms. The number of anilines is 2. The van der Waals surface area contributed by atoms with E-state index in [0.717, 1.165) is 21.7 Å². The largest absolute Gasteiger partial charge is 0.496 e. The Labute approximate surface area is 208 Å². The average Bonchev–Trinajstić information content (AvgIpc) is 3.47. The van der Waals surface area contributed by atoms with Gasteiger partial charge < -0.3 is 4.74 Å². The van der Waals surface area contributed by atoms with Crippen molar-refractivity contribution >= 4 is 38.1 Å². The van der Waals surface area contributed by atoms with Crippen molar-refractivity contribution in [2.24, 2.45) is 0 Å². The summed E-state index contributed by atoms with van der Waals surface area (Å²) in [5.74, 6) is -0.214. The number of aromatic nitrogens is 1. The number of carbonyl (C=O) groups excluding carboxylic acids is 1. The summed E-state index contributed by atoms with van der Waals surface area (Å²) in [6, 6.07) is 21.5. The van der Waals surface area contributed by atoms with Crippen LogP contribution in [0.5, 0.6) is 5.75 Å². The zero-order valence-electron chi connectivity index (χ0n) is 19.2. The second kappa shape index (κ2) is 9.16. The highest BCUT2D eigenvalue weighted by Gasteiger charge is 2.31. The number of sulfonamides is 1. The zero-order chi connectivity index (χ0) is 24.6. The van der Waals surface area contributed by atoms with E-state index in [0.29, 0.717) is 23.8 Å². The van der Waals surface area contributed by atoms with E-state index in [1.54, 1.807) is 6.07 Å². The standard InChI is InChI=1S/C26H23N3O4S2/c1-17-24(19-9-4-3-5-10-19)27-26(34-17)28-25(30)21-16-20(12-13-23(21)33-2)35(31,32)29-15-14-18-8-6-7-11-22(18)29/h3-13,16H,14-15H2,1-2H3,(H,27,28,30). The predicted molar refractivity (Wildman–Crippen MR) is 138 cm³/mol. The first-order valence-corrected chi connectivity index (χ1v) is 13.3. The van der Waals surface area contributed by atoms with Crippen molar-refractivity contribution in [1.29, 1.82) is 0 Å². The van der Waals surface area contributed by atoms with Crippen molar-refractivity contribution in [2.45, 2.75) is 18.2 Å². The van der Waals surface area contributed by atoms with Gasteiger partial charge in [0.05, 0.1) is 29.0 Å². The molecule has 35 heavy (non-hydrogen) atoms. The fraction of sp³-hybridized carbons (Fsp3) is 0.154. The van der Waals surface area contributed by atoms with Gasteiger partial charge in [0.15, 0.2) is 5.13 Å². The smallest absolute Gasteiger partial charge is 0.264 e. The van der Waals surface area contributed by atoms with E-state index < -0.39 is 15.9 Å². The molecule has 0 fully saturated rings. The molecule has 0 atom stereocenters. The number of fused-ring (bicyclic) bond motifs is 1. The first-order chi connectivity index (χ1) is 16.9. The van der Waals surface area contributed by atoms with Crippen LogP contribution in [0, 0.1) is 6.92 Å². The molecule has 1 aliphatic rings. The van der Waals surface area contributed by atoms with Gasteiger partial charge in [-0.2, -0.15) is 0 Å². The number of hydrogen-bond donors (Lipinski definition) is 1. The summed E-state index contributed by atoms with van der Waals surface area (Å²) >= 11 is 1.36. The van der Waals surface area contributed by atoms with Crippen LogP contribution < -0.4 is 14.4 Å². The quantitative estimate of drug-likeness (QED) is 0.392. The van der Waals surface area contributed by atoms with E-state index in [-0.39, 0.29) is 16.2 Å². The number of methoxy groups -OCH3 is 1. The third-order valence-corrected chi connectivity index (χ3v) is 8.61. The first-order valence-electron chi connectivity index (χ1n) is 11.0. The van der Waals surface area contributed by atoms with Gasteiger partial charge in [0, 0.05) is 17.0 Å². The Morgan fingerprint density at radius 2 is 1.80 bits per heavy atom. The Balaban J connectivity index is 1.45. The number of nitrogens with one attached hydrogen (secondary N) is 1. The molecule has 5 rings (SSSR count). The van der Waals surface area contributed by atoms with Crippen LogP contribution in [-0.2, 0) is 16.4 Å². The molecule has 3 aromatic carbocycles. The molecule has 7 nitrogen and oxygen atoms in total. The molecule has 1 N–H and O–H groups in total. The second-order valence-electron chi connectivity index (χ2n) is 8.06. The van der Waals surface area contributed by atoms with Gasteiger partial charge in [0.1, 0.15) is 5.75 Å². The maximum absolute atomic E-state index is 13.5. The highest BCUT2D eigenvalue weighted by Crippen LogP contribution is 2.35. The van der Waals surface area contributed by atoms with Crippen LogP contribution >= 0.6 is 11.3 Å². The van der Waals surface area contributed by atoms with Gasteiger partial charge in [-0.1, -0.05) is 48.5 Å². The average molecular weight is 506 g/mol. The fourth-order valence-electron chi connectivity index (χ4n) is 4.19. The molecule has 4 aromatic rings. The molecular weight excluding hydrogens is 482 g/mol. The van der Waals surface area contributed by atoms with Gasteiger partial charge in [-0.3, -0.25) is 14.4 Å². The molecule has 2 heterocycles. The van der Waals surface area contributed by atoms with Crippen LogP contribution in [0.25, 0.3) is 11.3 Å². The first kappa shape index (κ1) is 23.1. The Hall–Kier alpha value is -3.69. The van der Waals surface area contributed by atoms with Crippen LogP contribution in [0.15, 0.2) is 77.7 Å². The predicted octanol–water partition coefficient (Wildman–Crippen LogP) is 5.13. The highest BCUT2D eigenvalue weighted by molar-refractivity contribution is 7.92. The lowest BCUT2D eigenvalue weighted by molar-refractivity contribution is 0.102. The van der Waals surface area contributed by atoms with Gasteiger partial charge in [-0.25, -0.2) is 13.4 Å². The lowest BCUT2D eigenvalue weighted by Gasteiger charge is -2.20. The summed E-state index contributed by atoms with van der Waals surface area (Å²) in [5, 5.41) is 3.23. The summed E-state index contributed by atoms with van der Waals surface area (Å²) in [6.07, 6.45) is 0.645. The molecule has 0 spiro atoms. The van der Waals surface area contributed by atoms with Crippen molar-refractivity contribution in [3.05, 3.63) is 88.8 Å². The minimum Gasteiger partial charge on any atom is -0.496 e.